The molecule has 1 aromatic rings. The van der Waals surface area contributed by atoms with Crippen molar-refractivity contribution in [1.82, 2.24) is 9.88 Å². The summed E-state index contributed by atoms with van der Waals surface area (Å²) in [5.74, 6) is -0.00106. The molecule has 0 aliphatic carbocycles. The maximum atomic E-state index is 12.6. The lowest BCUT2D eigenvalue weighted by molar-refractivity contribution is 0.0765. The van der Waals surface area contributed by atoms with Crippen LogP contribution in [0.25, 0.3) is 0 Å². The van der Waals surface area contributed by atoms with Gasteiger partial charge in [-0.15, -0.1) is 11.3 Å². The van der Waals surface area contributed by atoms with Crippen LogP contribution < -0.4 is 0 Å². The first-order valence-electron chi connectivity index (χ1n) is 7.27. The highest BCUT2D eigenvalue weighted by Crippen LogP contribution is 2.23. The van der Waals surface area contributed by atoms with Crippen LogP contribution in [-0.4, -0.2) is 48.8 Å². The molecule has 1 atom stereocenters. The van der Waals surface area contributed by atoms with Crippen LogP contribution in [-0.2, 0) is 16.3 Å². The predicted octanol–water partition coefficient (Wildman–Crippen LogP) is 2.05. The number of carbonyl (C=O) groups is 1. The summed E-state index contributed by atoms with van der Waals surface area (Å²) in [5, 5.41) is 0.656. The number of aryl methyl sites for hydroxylation is 2. The summed E-state index contributed by atoms with van der Waals surface area (Å²) < 4.78 is 23.3. The van der Waals surface area contributed by atoms with Crippen molar-refractivity contribution < 1.29 is 13.2 Å². The Morgan fingerprint density at radius 3 is 2.67 bits per heavy atom. The van der Waals surface area contributed by atoms with Gasteiger partial charge in [0.2, 0.25) is 0 Å². The zero-order valence-electron chi connectivity index (χ0n) is 12.8. The average molecular weight is 330 g/mol. The Hall–Kier alpha value is -0.950. The topological polar surface area (TPSA) is 67.3 Å². The number of aromatic nitrogens is 1. The zero-order valence-corrected chi connectivity index (χ0v) is 14.4. The molecule has 1 aliphatic heterocycles. The van der Waals surface area contributed by atoms with Crippen molar-refractivity contribution in [2.45, 2.75) is 44.8 Å². The van der Waals surface area contributed by atoms with Crippen molar-refractivity contribution in [3.8, 4) is 0 Å². The molecule has 1 fully saturated rings. The molecule has 0 aromatic carbocycles. The molecule has 0 bridgehead atoms. The number of hydrogen-bond donors (Lipinski definition) is 0. The molecule has 21 heavy (non-hydrogen) atoms. The standard InChI is InChI=1S/C14H22N2O3S2/c1-4-12-15-10(2)13(20-12)14(17)16-8-5-6-11(7-9-16)21(3,18)19/h11H,4-9H2,1-3H3. The number of rotatable bonds is 3. The molecule has 118 valence electrons. The minimum absolute atomic E-state index is 0.00106. The Kier molecular flexibility index (Phi) is 5.03. The molecule has 5 nitrogen and oxygen atoms in total. The highest BCUT2D eigenvalue weighted by Gasteiger charge is 2.28. The summed E-state index contributed by atoms with van der Waals surface area (Å²) >= 11 is 1.45. The molecule has 1 saturated heterocycles. The van der Waals surface area contributed by atoms with Crippen LogP contribution in [0.15, 0.2) is 0 Å². The van der Waals surface area contributed by atoms with E-state index in [2.05, 4.69) is 4.98 Å². The molecule has 0 N–H and O–H groups in total. The number of sulfone groups is 1. The van der Waals surface area contributed by atoms with Gasteiger partial charge in [-0.3, -0.25) is 4.79 Å². The summed E-state index contributed by atoms with van der Waals surface area (Å²) in [6.07, 6.45) is 4.03. The molecule has 0 saturated carbocycles. The highest BCUT2D eigenvalue weighted by atomic mass is 32.2. The van der Waals surface area contributed by atoms with Gasteiger partial charge in [0.05, 0.1) is 16.0 Å². The van der Waals surface area contributed by atoms with E-state index in [0.717, 1.165) is 23.5 Å². The van der Waals surface area contributed by atoms with Crippen LogP contribution in [0.3, 0.4) is 0 Å². The number of carbonyl (C=O) groups excluding carboxylic acids is 1. The lowest BCUT2D eigenvalue weighted by Gasteiger charge is -2.19. The van der Waals surface area contributed by atoms with Gasteiger partial charge in [-0.2, -0.15) is 0 Å². The first kappa shape index (κ1) is 16.4. The van der Waals surface area contributed by atoms with Crippen LogP contribution in [0, 0.1) is 6.92 Å². The fourth-order valence-electron chi connectivity index (χ4n) is 2.64. The van der Waals surface area contributed by atoms with Crippen molar-refractivity contribution in [2.24, 2.45) is 0 Å². The minimum atomic E-state index is -3.02. The van der Waals surface area contributed by atoms with E-state index in [-0.39, 0.29) is 11.2 Å². The third-order valence-corrected chi connectivity index (χ3v) is 6.88. The third kappa shape index (κ3) is 3.83. The summed E-state index contributed by atoms with van der Waals surface area (Å²) in [6.45, 7) is 5.02. The van der Waals surface area contributed by atoms with Gasteiger partial charge in [0.25, 0.3) is 5.91 Å². The molecule has 2 heterocycles. The summed E-state index contributed by atoms with van der Waals surface area (Å²) in [4.78, 5) is 19.5. The van der Waals surface area contributed by atoms with Gasteiger partial charge in [-0.25, -0.2) is 13.4 Å². The van der Waals surface area contributed by atoms with Crippen molar-refractivity contribution >= 4 is 27.1 Å². The molecule has 1 unspecified atom stereocenters. The smallest absolute Gasteiger partial charge is 0.265 e. The van der Waals surface area contributed by atoms with E-state index in [1.54, 1.807) is 4.90 Å². The van der Waals surface area contributed by atoms with Gasteiger partial charge in [-0.05, 0) is 32.6 Å². The third-order valence-electron chi connectivity index (χ3n) is 3.91. The number of thiazole rings is 1. The zero-order chi connectivity index (χ0) is 15.6. The Morgan fingerprint density at radius 1 is 1.38 bits per heavy atom. The second-order valence-electron chi connectivity index (χ2n) is 5.55. The molecular formula is C14H22N2O3S2. The number of nitrogens with zero attached hydrogens (tertiary/aromatic N) is 2. The Bertz CT molecular complexity index is 622. The summed E-state index contributed by atoms with van der Waals surface area (Å²) in [7, 11) is -3.02. The molecule has 2 rings (SSSR count). The molecule has 7 heteroatoms. The average Bonchev–Trinajstić information content (AvgIpc) is 2.63. The second-order valence-corrected chi connectivity index (χ2v) is 8.96. The minimum Gasteiger partial charge on any atom is -0.338 e. The van der Waals surface area contributed by atoms with E-state index in [0.29, 0.717) is 30.8 Å². The number of likely N-dealkylation sites (tertiary alicyclic amines) is 1. The quantitative estimate of drug-likeness (QED) is 0.851. The molecule has 1 amide bonds. The molecule has 0 radical (unpaired) electrons. The first-order valence-corrected chi connectivity index (χ1v) is 10.0. The van der Waals surface area contributed by atoms with E-state index >= 15 is 0 Å². The van der Waals surface area contributed by atoms with Gasteiger partial charge < -0.3 is 4.90 Å². The normalized spacial score (nSPS) is 20.3. The van der Waals surface area contributed by atoms with E-state index < -0.39 is 9.84 Å². The van der Waals surface area contributed by atoms with Gasteiger partial charge in [0.1, 0.15) is 14.7 Å². The number of hydrogen-bond acceptors (Lipinski definition) is 5. The lowest BCUT2D eigenvalue weighted by atomic mass is 10.2. The van der Waals surface area contributed by atoms with Crippen molar-refractivity contribution in [3.05, 3.63) is 15.6 Å². The Labute approximate surface area is 130 Å². The maximum absolute atomic E-state index is 12.6. The van der Waals surface area contributed by atoms with Gasteiger partial charge in [0, 0.05) is 19.3 Å². The van der Waals surface area contributed by atoms with E-state index in [1.807, 2.05) is 13.8 Å². The van der Waals surface area contributed by atoms with Crippen LogP contribution in [0.4, 0.5) is 0 Å². The van der Waals surface area contributed by atoms with E-state index in [1.165, 1.54) is 17.6 Å². The Morgan fingerprint density at radius 2 is 2.10 bits per heavy atom. The van der Waals surface area contributed by atoms with Crippen molar-refractivity contribution in [3.63, 3.8) is 0 Å². The number of amides is 1. The largest absolute Gasteiger partial charge is 0.338 e. The van der Waals surface area contributed by atoms with Gasteiger partial charge in [-0.1, -0.05) is 6.92 Å². The fraction of sp³-hybridized carbons (Fsp3) is 0.714. The van der Waals surface area contributed by atoms with E-state index in [9.17, 15) is 13.2 Å². The predicted molar refractivity (Wildman–Crippen MR) is 84.6 cm³/mol. The van der Waals surface area contributed by atoms with Crippen LogP contribution in [0.2, 0.25) is 0 Å². The second kappa shape index (κ2) is 6.44. The first-order chi connectivity index (χ1) is 9.82. The monoisotopic (exact) mass is 330 g/mol. The highest BCUT2D eigenvalue weighted by molar-refractivity contribution is 7.91. The molecular weight excluding hydrogens is 308 g/mol. The van der Waals surface area contributed by atoms with E-state index in [4.69, 9.17) is 0 Å². The van der Waals surface area contributed by atoms with Gasteiger partial charge in [0.15, 0.2) is 0 Å². The molecule has 1 aromatic heterocycles. The maximum Gasteiger partial charge on any atom is 0.265 e. The molecule has 1 aliphatic rings. The SMILES string of the molecule is CCc1nc(C)c(C(=O)N2CCCC(S(C)(=O)=O)CC2)s1. The molecule has 0 spiro atoms. The Balaban J connectivity index is 2.11. The van der Waals surface area contributed by atoms with Crippen LogP contribution in [0.5, 0.6) is 0 Å². The van der Waals surface area contributed by atoms with Crippen LogP contribution in [0.1, 0.15) is 46.6 Å². The van der Waals surface area contributed by atoms with Gasteiger partial charge >= 0.3 is 0 Å². The van der Waals surface area contributed by atoms with Crippen LogP contribution >= 0.6 is 11.3 Å². The lowest BCUT2D eigenvalue weighted by Crippen LogP contribution is -2.32. The fourth-order valence-corrected chi connectivity index (χ4v) is 4.74. The summed E-state index contributed by atoms with van der Waals surface area (Å²) in [5.41, 5.74) is 0.783. The van der Waals surface area contributed by atoms with Crippen molar-refractivity contribution in [2.75, 3.05) is 19.3 Å². The van der Waals surface area contributed by atoms with Crippen molar-refractivity contribution in [1.29, 1.82) is 0 Å². The summed E-state index contributed by atoms with van der Waals surface area (Å²) in [6, 6.07) is 0.